The summed E-state index contributed by atoms with van der Waals surface area (Å²) < 4.78 is 6.16. The van der Waals surface area contributed by atoms with E-state index in [-0.39, 0.29) is 5.97 Å². The molecule has 0 radical (unpaired) electrons. The van der Waals surface area contributed by atoms with Crippen LogP contribution in [0.4, 0.5) is 0 Å². The number of hydrogen-bond acceptors (Lipinski definition) is 2. The van der Waals surface area contributed by atoms with Crippen LogP contribution in [0.3, 0.4) is 0 Å². The zero-order valence-electron chi connectivity index (χ0n) is 12.1. The minimum absolute atomic E-state index is 0.276. The quantitative estimate of drug-likeness (QED) is 0.327. The number of ether oxygens (including phenoxy) is 1. The molecular weight excluding hydrogens is 238 g/mol. The summed E-state index contributed by atoms with van der Waals surface area (Å²) >= 11 is 0. The molecule has 1 rings (SSSR count). The molecule has 0 atom stereocenters. The number of esters is 1. The molecule has 0 bridgehead atoms. The molecular formula is C16H24NO2+. The maximum atomic E-state index is 11.7. The van der Waals surface area contributed by atoms with Crippen LogP contribution < -0.4 is 0 Å². The first kappa shape index (κ1) is 15.4. The van der Waals surface area contributed by atoms with E-state index in [2.05, 4.69) is 20.8 Å². The maximum absolute atomic E-state index is 11.7. The molecule has 0 unspecified atom stereocenters. The zero-order chi connectivity index (χ0) is 14.1. The molecule has 0 aliphatic heterocycles. The van der Waals surface area contributed by atoms with Gasteiger partial charge in [-0.3, -0.25) is 4.48 Å². The van der Waals surface area contributed by atoms with Crippen LogP contribution in [-0.4, -0.2) is 36.8 Å². The van der Waals surface area contributed by atoms with Crippen LogP contribution in [0.15, 0.2) is 36.4 Å². The molecule has 0 saturated heterocycles. The van der Waals surface area contributed by atoms with Crippen molar-refractivity contribution in [2.45, 2.75) is 20.8 Å². The van der Waals surface area contributed by atoms with Gasteiger partial charge in [0, 0.05) is 6.08 Å². The van der Waals surface area contributed by atoms with Crippen molar-refractivity contribution in [3.8, 4) is 0 Å². The molecule has 0 saturated carbocycles. The number of rotatable bonds is 7. The van der Waals surface area contributed by atoms with Crippen molar-refractivity contribution >= 4 is 12.0 Å². The predicted molar refractivity (Wildman–Crippen MR) is 78.3 cm³/mol. The van der Waals surface area contributed by atoms with Crippen LogP contribution in [0.25, 0.3) is 6.08 Å². The third-order valence-corrected chi connectivity index (χ3v) is 3.70. The Morgan fingerprint density at radius 3 is 2.21 bits per heavy atom. The molecule has 0 fully saturated rings. The lowest BCUT2D eigenvalue weighted by molar-refractivity contribution is -0.938. The van der Waals surface area contributed by atoms with E-state index in [0.29, 0.717) is 6.73 Å². The van der Waals surface area contributed by atoms with E-state index < -0.39 is 0 Å². The van der Waals surface area contributed by atoms with E-state index in [4.69, 9.17) is 4.74 Å². The highest BCUT2D eigenvalue weighted by Crippen LogP contribution is 2.07. The molecule has 0 amide bonds. The van der Waals surface area contributed by atoms with Gasteiger partial charge < -0.3 is 4.74 Å². The van der Waals surface area contributed by atoms with E-state index >= 15 is 0 Å². The highest BCUT2D eigenvalue weighted by molar-refractivity contribution is 5.86. The Morgan fingerprint density at radius 2 is 1.68 bits per heavy atom. The first-order chi connectivity index (χ1) is 9.15. The fourth-order valence-corrected chi connectivity index (χ4v) is 1.92. The Bertz CT molecular complexity index is 400. The minimum Gasteiger partial charge on any atom is -0.412 e. The van der Waals surface area contributed by atoms with Gasteiger partial charge in [-0.2, -0.15) is 0 Å². The van der Waals surface area contributed by atoms with Crippen LogP contribution >= 0.6 is 0 Å². The zero-order valence-corrected chi connectivity index (χ0v) is 12.1. The minimum atomic E-state index is -0.276. The Hall–Kier alpha value is -1.61. The second-order valence-electron chi connectivity index (χ2n) is 4.63. The molecule has 0 aliphatic rings. The summed E-state index contributed by atoms with van der Waals surface area (Å²) in [5.41, 5.74) is 1.00. The molecule has 0 spiro atoms. The first-order valence-corrected chi connectivity index (χ1v) is 6.90. The lowest BCUT2D eigenvalue weighted by atomic mass is 10.2. The second-order valence-corrected chi connectivity index (χ2v) is 4.63. The third kappa shape index (κ3) is 4.87. The van der Waals surface area contributed by atoms with Gasteiger partial charge in [-0.1, -0.05) is 30.3 Å². The highest BCUT2D eigenvalue weighted by Gasteiger charge is 2.21. The van der Waals surface area contributed by atoms with Crippen molar-refractivity contribution in [2.24, 2.45) is 0 Å². The molecule has 1 aromatic rings. The van der Waals surface area contributed by atoms with Crippen molar-refractivity contribution in [1.82, 2.24) is 0 Å². The van der Waals surface area contributed by atoms with Gasteiger partial charge in [0.25, 0.3) is 0 Å². The predicted octanol–water partition coefficient (Wildman–Crippen LogP) is 3.08. The lowest BCUT2D eigenvalue weighted by Gasteiger charge is -2.34. The van der Waals surface area contributed by atoms with Crippen LogP contribution in [0.1, 0.15) is 26.3 Å². The number of nitrogens with zero attached hydrogens (tertiary/aromatic N) is 1. The van der Waals surface area contributed by atoms with E-state index in [9.17, 15) is 4.79 Å². The number of carbonyl (C=O) groups excluding carboxylic acids is 1. The average molecular weight is 262 g/mol. The van der Waals surface area contributed by atoms with E-state index in [1.165, 1.54) is 6.08 Å². The number of carbonyl (C=O) groups is 1. The van der Waals surface area contributed by atoms with Crippen LogP contribution in [-0.2, 0) is 9.53 Å². The average Bonchev–Trinajstić information content (AvgIpc) is 2.48. The summed E-state index contributed by atoms with van der Waals surface area (Å²) in [5.74, 6) is -0.276. The Kier molecular flexibility index (Phi) is 6.30. The maximum Gasteiger partial charge on any atom is 0.335 e. The summed E-state index contributed by atoms with van der Waals surface area (Å²) in [6.07, 6.45) is 3.27. The SMILES string of the molecule is CC[N+](CC)(CC)COC(=O)C=Cc1ccccc1. The van der Waals surface area contributed by atoms with Crippen molar-refractivity contribution in [1.29, 1.82) is 0 Å². The molecule has 3 heteroatoms. The van der Waals surface area contributed by atoms with Gasteiger partial charge >= 0.3 is 5.97 Å². The van der Waals surface area contributed by atoms with Crippen molar-refractivity contribution in [3.63, 3.8) is 0 Å². The molecule has 0 aromatic heterocycles. The summed E-state index contributed by atoms with van der Waals surface area (Å²) in [5, 5.41) is 0. The summed E-state index contributed by atoms with van der Waals surface area (Å²) in [4.78, 5) is 11.7. The lowest BCUT2D eigenvalue weighted by Crippen LogP contribution is -2.49. The van der Waals surface area contributed by atoms with Gasteiger partial charge in [-0.25, -0.2) is 4.79 Å². The fraction of sp³-hybridized carbons (Fsp3) is 0.438. The Morgan fingerprint density at radius 1 is 1.11 bits per heavy atom. The van der Waals surface area contributed by atoms with E-state index in [0.717, 1.165) is 29.7 Å². The topological polar surface area (TPSA) is 26.3 Å². The van der Waals surface area contributed by atoms with Gasteiger partial charge in [-0.15, -0.1) is 0 Å². The Balaban J connectivity index is 2.50. The Labute approximate surface area is 116 Å². The number of benzene rings is 1. The van der Waals surface area contributed by atoms with Gasteiger partial charge in [-0.05, 0) is 32.4 Å². The molecule has 0 N–H and O–H groups in total. The monoisotopic (exact) mass is 262 g/mol. The molecule has 3 nitrogen and oxygen atoms in total. The fourth-order valence-electron chi connectivity index (χ4n) is 1.92. The summed E-state index contributed by atoms with van der Waals surface area (Å²) in [6, 6.07) is 9.74. The normalized spacial score (nSPS) is 11.7. The summed E-state index contributed by atoms with van der Waals surface area (Å²) in [7, 11) is 0. The first-order valence-electron chi connectivity index (χ1n) is 6.90. The molecule has 0 aliphatic carbocycles. The molecule has 1 aromatic carbocycles. The molecule has 19 heavy (non-hydrogen) atoms. The smallest absolute Gasteiger partial charge is 0.335 e. The largest absolute Gasteiger partial charge is 0.412 e. The van der Waals surface area contributed by atoms with Crippen LogP contribution in [0, 0.1) is 0 Å². The highest BCUT2D eigenvalue weighted by atomic mass is 16.5. The van der Waals surface area contributed by atoms with Gasteiger partial charge in [0.1, 0.15) is 0 Å². The standard InChI is InChI=1S/C16H24NO2/c1-4-17(5-2,6-3)14-19-16(18)13-12-15-10-8-7-9-11-15/h7-13H,4-6,14H2,1-3H3/q+1. The van der Waals surface area contributed by atoms with Crippen molar-refractivity contribution in [3.05, 3.63) is 42.0 Å². The third-order valence-electron chi connectivity index (χ3n) is 3.70. The van der Waals surface area contributed by atoms with Crippen molar-refractivity contribution in [2.75, 3.05) is 26.4 Å². The van der Waals surface area contributed by atoms with Crippen LogP contribution in [0.5, 0.6) is 0 Å². The molecule has 104 valence electrons. The molecule has 0 heterocycles. The van der Waals surface area contributed by atoms with Gasteiger partial charge in [0.05, 0.1) is 19.6 Å². The number of quaternary nitrogens is 1. The van der Waals surface area contributed by atoms with Gasteiger partial charge in [0.15, 0.2) is 0 Å². The second kappa shape index (κ2) is 7.74. The van der Waals surface area contributed by atoms with E-state index in [1.54, 1.807) is 6.08 Å². The number of hydrogen-bond donors (Lipinski definition) is 0. The van der Waals surface area contributed by atoms with E-state index in [1.807, 2.05) is 30.3 Å². The van der Waals surface area contributed by atoms with Crippen LogP contribution in [0.2, 0.25) is 0 Å². The summed E-state index contributed by atoms with van der Waals surface area (Å²) in [6.45, 7) is 9.75. The van der Waals surface area contributed by atoms with Gasteiger partial charge in [0.2, 0.25) is 6.73 Å². The van der Waals surface area contributed by atoms with Crippen molar-refractivity contribution < 1.29 is 14.0 Å².